The van der Waals surface area contributed by atoms with Crippen molar-refractivity contribution in [2.75, 3.05) is 7.05 Å². The molecule has 1 unspecified atom stereocenters. The molecule has 0 saturated heterocycles. The van der Waals surface area contributed by atoms with E-state index < -0.39 is 0 Å². The summed E-state index contributed by atoms with van der Waals surface area (Å²) < 4.78 is 5.29. The number of nitrogens with zero attached hydrogens (tertiary/aromatic N) is 2. The molecule has 1 aromatic heterocycles. The molecule has 0 fully saturated rings. The Balaban J connectivity index is 1.76. The van der Waals surface area contributed by atoms with Gasteiger partial charge in [0.25, 0.3) is 0 Å². The zero-order chi connectivity index (χ0) is 12.5. The highest BCUT2D eigenvalue weighted by Crippen LogP contribution is 2.35. The summed E-state index contributed by atoms with van der Waals surface area (Å²) in [6.45, 7) is 2.78. The van der Waals surface area contributed by atoms with Gasteiger partial charge in [0.15, 0.2) is 5.76 Å². The van der Waals surface area contributed by atoms with Crippen molar-refractivity contribution in [3.05, 3.63) is 52.9 Å². The number of rotatable bonds is 3. The van der Waals surface area contributed by atoms with E-state index in [1.807, 2.05) is 13.0 Å². The summed E-state index contributed by atoms with van der Waals surface area (Å²) in [5.74, 6) is 0.944. The first-order valence-electron chi connectivity index (χ1n) is 6.44. The van der Waals surface area contributed by atoms with E-state index in [2.05, 4.69) is 41.4 Å². The Bertz CT molecular complexity index is 547. The second-order valence-electron chi connectivity index (χ2n) is 5.10. The predicted octanol–water partition coefficient (Wildman–Crippen LogP) is 3.10. The topological polar surface area (TPSA) is 29.3 Å². The standard InChI is InChI=1S/C15H18N2O/c1-11-9-13(18-16-11)10-17(2)15-8-7-12-5-3-4-6-14(12)15/h3-6,9,15H,7-8,10H2,1-2H3. The molecule has 1 aliphatic carbocycles. The fraction of sp³-hybridized carbons (Fsp3) is 0.400. The number of hydrogen-bond acceptors (Lipinski definition) is 3. The Kier molecular flexibility index (Phi) is 2.92. The predicted molar refractivity (Wildman–Crippen MR) is 70.2 cm³/mol. The molecule has 0 saturated carbocycles. The Morgan fingerprint density at radius 1 is 1.39 bits per heavy atom. The summed E-state index contributed by atoms with van der Waals surface area (Å²) in [7, 11) is 2.16. The largest absolute Gasteiger partial charge is 0.360 e. The Labute approximate surface area is 107 Å². The van der Waals surface area contributed by atoms with Gasteiger partial charge in [0, 0.05) is 12.1 Å². The maximum atomic E-state index is 5.29. The molecule has 3 nitrogen and oxygen atoms in total. The van der Waals surface area contributed by atoms with E-state index in [0.717, 1.165) is 18.0 Å². The van der Waals surface area contributed by atoms with Crippen molar-refractivity contribution < 1.29 is 4.52 Å². The summed E-state index contributed by atoms with van der Waals surface area (Å²) >= 11 is 0. The van der Waals surface area contributed by atoms with Crippen LogP contribution in [0.2, 0.25) is 0 Å². The van der Waals surface area contributed by atoms with Crippen LogP contribution in [-0.2, 0) is 13.0 Å². The second kappa shape index (κ2) is 4.58. The van der Waals surface area contributed by atoms with Crippen LogP contribution in [0.15, 0.2) is 34.9 Å². The van der Waals surface area contributed by atoms with Crippen LogP contribution in [-0.4, -0.2) is 17.1 Å². The molecule has 0 radical (unpaired) electrons. The highest BCUT2D eigenvalue weighted by Gasteiger charge is 2.25. The van der Waals surface area contributed by atoms with Crippen LogP contribution >= 0.6 is 0 Å². The van der Waals surface area contributed by atoms with Gasteiger partial charge in [-0.3, -0.25) is 4.90 Å². The third kappa shape index (κ3) is 2.06. The zero-order valence-corrected chi connectivity index (χ0v) is 10.9. The monoisotopic (exact) mass is 242 g/mol. The Morgan fingerprint density at radius 3 is 3.00 bits per heavy atom. The second-order valence-corrected chi connectivity index (χ2v) is 5.10. The van der Waals surface area contributed by atoms with Crippen LogP contribution in [0.3, 0.4) is 0 Å². The third-order valence-corrected chi connectivity index (χ3v) is 3.72. The lowest BCUT2D eigenvalue weighted by Crippen LogP contribution is -2.22. The first kappa shape index (κ1) is 11.5. The minimum atomic E-state index is 0.506. The molecule has 1 atom stereocenters. The maximum absolute atomic E-state index is 5.29. The molecule has 0 aliphatic heterocycles. The molecule has 3 heteroatoms. The van der Waals surface area contributed by atoms with Gasteiger partial charge < -0.3 is 4.52 Å². The van der Waals surface area contributed by atoms with Crippen molar-refractivity contribution in [1.29, 1.82) is 0 Å². The molecule has 2 aromatic rings. The SMILES string of the molecule is Cc1cc(CN(C)C2CCc3ccccc32)on1. The number of benzene rings is 1. The average Bonchev–Trinajstić information content (AvgIpc) is 2.95. The lowest BCUT2D eigenvalue weighted by atomic mass is 10.1. The van der Waals surface area contributed by atoms with E-state index in [9.17, 15) is 0 Å². The van der Waals surface area contributed by atoms with Crippen molar-refractivity contribution in [2.24, 2.45) is 0 Å². The first-order chi connectivity index (χ1) is 8.74. The Morgan fingerprint density at radius 2 is 2.22 bits per heavy atom. The van der Waals surface area contributed by atoms with Crippen molar-refractivity contribution in [3.63, 3.8) is 0 Å². The minimum absolute atomic E-state index is 0.506. The normalized spacial score (nSPS) is 18.3. The lowest BCUT2D eigenvalue weighted by Gasteiger charge is -2.23. The molecule has 1 heterocycles. The van der Waals surface area contributed by atoms with Gasteiger partial charge in [-0.1, -0.05) is 29.4 Å². The van der Waals surface area contributed by atoms with Gasteiger partial charge in [-0.15, -0.1) is 0 Å². The smallest absolute Gasteiger partial charge is 0.150 e. The van der Waals surface area contributed by atoms with Crippen LogP contribution in [0.1, 0.15) is 35.0 Å². The first-order valence-corrected chi connectivity index (χ1v) is 6.44. The molecule has 94 valence electrons. The van der Waals surface area contributed by atoms with Gasteiger partial charge in [-0.05, 0) is 37.9 Å². The van der Waals surface area contributed by atoms with E-state index in [1.165, 1.54) is 24.0 Å². The molecule has 1 aromatic carbocycles. The van der Waals surface area contributed by atoms with Crippen LogP contribution < -0.4 is 0 Å². The highest BCUT2D eigenvalue weighted by atomic mass is 16.5. The van der Waals surface area contributed by atoms with Crippen LogP contribution in [0.4, 0.5) is 0 Å². The summed E-state index contributed by atoms with van der Waals surface area (Å²) in [6.07, 6.45) is 2.38. The van der Waals surface area contributed by atoms with Gasteiger partial charge >= 0.3 is 0 Å². The zero-order valence-electron chi connectivity index (χ0n) is 10.9. The molecular weight excluding hydrogens is 224 g/mol. The Hall–Kier alpha value is -1.61. The van der Waals surface area contributed by atoms with Crippen LogP contribution in [0.5, 0.6) is 0 Å². The average molecular weight is 242 g/mol. The van der Waals surface area contributed by atoms with Crippen molar-refractivity contribution >= 4 is 0 Å². The molecular formula is C15H18N2O. The number of fused-ring (bicyclic) bond motifs is 1. The fourth-order valence-corrected chi connectivity index (χ4v) is 2.84. The molecule has 1 aliphatic rings. The third-order valence-electron chi connectivity index (χ3n) is 3.72. The van der Waals surface area contributed by atoms with Gasteiger partial charge in [0.2, 0.25) is 0 Å². The highest BCUT2D eigenvalue weighted by molar-refractivity contribution is 5.34. The van der Waals surface area contributed by atoms with Crippen LogP contribution in [0, 0.1) is 6.92 Å². The van der Waals surface area contributed by atoms with E-state index in [1.54, 1.807) is 0 Å². The van der Waals surface area contributed by atoms with E-state index in [0.29, 0.717) is 6.04 Å². The molecule has 18 heavy (non-hydrogen) atoms. The van der Waals surface area contributed by atoms with Crippen molar-refractivity contribution in [2.45, 2.75) is 32.4 Å². The van der Waals surface area contributed by atoms with E-state index >= 15 is 0 Å². The van der Waals surface area contributed by atoms with E-state index in [-0.39, 0.29) is 0 Å². The van der Waals surface area contributed by atoms with Crippen molar-refractivity contribution in [3.8, 4) is 0 Å². The molecule has 0 spiro atoms. The summed E-state index contributed by atoms with van der Waals surface area (Å²) in [5.41, 5.74) is 3.91. The van der Waals surface area contributed by atoms with Crippen molar-refractivity contribution in [1.82, 2.24) is 10.1 Å². The minimum Gasteiger partial charge on any atom is -0.360 e. The molecule has 0 amide bonds. The number of aromatic nitrogens is 1. The summed E-state index contributed by atoms with van der Waals surface area (Å²) in [6, 6.07) is 11.3. The fourth-order valence-electron chi connectivity index (χ4n) is 2.84. The molecule has 0 N–H and O–H groups in total. The van der Waals surface area contributed by atoms with Crippen LogP contribution in [0.25, 0.3) is 0 Å². The number of hydrogen-bond donors (Lipinski definition) is 0. The van der Waals surface area contributed by atoms with Gasteiger partial charge in [0.1, 0.15) is 0 Å². The molecule has 3 rings (SSSR count). The maximum Gasteiger partial charge on any atom is 0.150 e. The molecule has 0 bridgehead atoms. The van der Waals surface area contributed by atoms with Gasteiger partial charge in [0.05, 0.1) is 12.2 Å². The van der Waals surface area contributed by atoms with E-state index in [4.69, 9.17) is 4.52 Å². The van der Waals surface area contributed by atoms with Gasteiger partial charge in [-0.25, -0.2) is 0 Å². The summed E-state index contributed by atoms with van der Waals surface area (Å²) in [5, 5.41) is 3.94. The quantitative estimate of drug-likeness (QED) is 0.828. The lowest BCUT2D eigenvalue weighted by molar-refractivity contribution is 0.208. The summed E-state index contributed by atoms with van der Waals surface area (Å²) in [4.78, 5) is 2.35. The van der Waals surface area contributed by atoms with Gasteiger partial charge in [-0.2, -0.15) is 0 Å². The number of aryl methyl sites for hydroxylation is 2.